The molecule has 2 aromatic rings. The van der Waals surface area contributed by atoms with E-state index in [1.807, 2.05) is 24.3 Å². The van der Waals surface area contributed by atoms with Crippen LogP contribution in [0.2, 0.25) is 0 Å². The third-order valence-electron chi connectivity index (χ3n) is 5.46. The van der Waals surface area contributed by atoms with Gasteiger partial charge >= 0.3 is 23.9 Å². The first kappa shape index (κ1) is 27.2. The summed E-state index contributed by atoms with van der Waals surface area (Å²) in [6, 6.07) is 7.56. The SMILES string of the molecule is COC(=O)CCC(CC(CC(CSc1nc2ccccc2[nH]1)C(=O)OC)C(=O)OC)C(=O)OC. The van der Waals surface area contributed by atoms with Crippen molar-refractivity contribution in [2.24, 2.45) is 17.8 Å². The van der Waals surface area contributed by atoms with Crippen molar-refractivity contribution >= 4 is 46.7 Å². The molecule has 0 saturated heterocycles. The predicted octanol–water partition coefficient (Wildman–Crippen LogP) is 2.76. The van der Waals surface area contributed by atoms with E-state index in [2.05, 4.69) is 14.7 Å². The highest BCUT2D eigenvalue weighted by molar-refractivity contribution is 7.99. The highest BCUT2D eigenvalue weighted by Crippen LogP contribution is 2.30. The number of para-hydroxylation sites is 2. The number of aromatic nitrogens is 2. The Morgan fingerprint density at radius 2 is 1.44 bits per heavy atom. The van der Waals surface area contributed by atoms with Gasteiger partial charge in [0.15, 0.2) is 5.16 Å². The Labute approximate surface area is 202 Å². The number of carbonyl (C=O) groups is 4. The van der Waals surface area contributed by atoms with Gasteiger partial charge in [0.2, 0.25) is 0 Å². The first-order valence-electron chi connectivity index (χ1n) is 10.7. The predicted molar refractivity (Wildman–Crippen MR) is 124 cm³/mol. The smallest absolute Gasteiger partial charge is 0.309 e. The van der Waals surface area contributed by atoms with Gasteiger partial charge in [0.1, 0.15) is 0 Å². The van der Waals surface area contributed by atoms with Gasteiger partial charge in [0, 0.05) is 12.2 Å². The fourth-order valence-corrected chi connectivity index (χ4v) is 4.59. The first-order valence-corrected chi connectivity index (χ1v) is 11.7. The molecule has 0 radical (unpaired) electrons. The second kappa shape index (κ2) is 13.6. The second-order valence-corrected chi connectivity index (χ2v) is 8.63. The van der Waals surface area contributed by atoms with Crippen LogP contribution in [0.4, 0.5) is 0 Å². The zero-order chi connectivity index (χ0) is 25.1. The molecule has 1 heterocycles. The molecule has 34 heavy (non-hydrogen) atoms. The Hall–Kier alpha value is -3.08. The summed E-state index contributed by atoms with van der Waals surface area (Å²) in [6.45, 7) is 0. The number of imidazole rings is 1. The van der Waals surface area contributed by atoms with Crippen LogP contribution in [-0.2, 0) is 38.1 Å². The van der Waals surface area contributed by atoms with Crippen LogP contribution in [0, 0.1) is 17.8 Å². The molecule has 0 saturated carbocycles. The van der Waals surface area contributed by atoms with Gasteiger partial charge < -0.3 is 23.9 Å². The van der Waals surface area contributed by atoms with E-state index in [0.717, 1.165) is 11.0 Å². The second-order valence-electron chi connectivity index (χ2n) is 7.62. The largest absolute Gasteiger partial charge is 0.469 e. The third-order valence-corrected chi connectivity index (χ3v) is 6.49. The number of thioether (sulfide) groups is 1. The molecule has 2 rings (SSSR count). The molecule has 0 aliphatic carbocycles. The molecule has 0 fully saturated rings. The lowest BCUT2D eigenvalue weighted by molar-refractivity contribution is -0.151. The van der Waals surface area contributed by atoms with Crippen LogP contribution < -0.4 is 0 Å². The molecule has 10 nitrogen and oxygen atoms in total. The normalized spacial score (nSPS) is 13.5. The van der Waals surface area contributed by atoms with E-state index in [-0.39, 0.29) is 25.7 Å². The molecule has 1 N–H and O–H groups in total. The number of hydrogen-bond acceptors (Lipinski definition) is 10. The van der Waals surface area contributed by atoms with Gasteiger partial charge in [0.05, 0.1) is 57.2 Å². The molecular formula is C23H30N2O8S. The number of esters is 4. The lowest BCUT2D eigenvalue weighted by Crippen LogP contribution is -2.30. The van der Waals surface area contributed by atoms with E-state index in [1.54, 1.807) is 0 Å². The Bertz CT molecular complexity index is 959. The number of nitrogens with one attached hydrogen (secondary N) is 1. The fraction of sp³-hybridized carbons (Fsp3) is 0.522. The molecule has 0 spiro atoms. The van der Waals surface area contributed by atoms with Gasteiger partial charge in [-0.1, -0.05) is 23.9 Å². The van der Waals surface area contributed by atoms with Crippen LogP contribution in [0.15, 0.2) is 29.4 Å². The van der Waals surface area contributed by atoms with Crippen molar-refractivity contribution in [2.45, 2.75) is 30.8 Å². The van der Waals surface area contributed by atoms with Crippen molar-refractivity contribution in [3.8, 4) is 0 Å². The molecule has 0 aliphatic heterocycles. The zero-order valence-electron chi connectivity index (χ0n) is 19.7. The van der Waals surface area contributed by atoms with Gasteiger partial charge in [-0.05, 0) is 31.4 Å². The molecular weight excluding hydrogens is 464 g/mol. The number of fused-ring (bicyclic) bond motifs is 1. The number of aromatic amines is 1. The Morgan fingerprint density at radius 1 is 0.853 bits per heavy atom. The monoisotopic (exact) mass is 494 g/mol. The van der Waals surface area contributed by atoms with E-state index in [1.165, 1.54) is 40.2 Å². The average Bonchev–Trinajstić information content (AvgIpc) is 3.28. The summed E-state index contributed by atoms with van der Waals surface area (Å²) < 4.78 is 19.4. The molecule has 3 unspecified atom stereocenters. The molecule has 1 aromatic carbocycles. The Kier molecular flexibility index (Phi) is 10.9. The van der Waals surface area contributed by atoms with E-state index in [4.69, 9.17) is 14.2 Å². The third kappa shape index (κ3) is 7.75. The van der Waals surface area contributed by atoms with E-state index >= 15 is 0 Å². The number of benzene rings is 1. The Balaban J connectivity index is 2.15. The van der Waals surface area contributed by atoms with Crippen molar-refractivity contribution in [1.82, 2.24) is 9.97 Å². The summed E-state index contributed by atoms with van der Waals surface area (Å²) in [7, 11) is 5.02. The lowest BCUT2D eigenvalue weighted by Gasteiger charge is -2.23. The maximum Gasteiger partial charge on any atom is 0.309 e. The van der Waals surface area contributed by atoms with Gasteiger partial charge in [-0.2, -0.15) is 0 Å². The minimum absolute atomic E-state index is 0.00745. The number of ether oxygens (including phenoxy) is 4. The van der Waals surface area contributed by atoms with Gasteiger partial charge in [-0.3, -0.25) is 19.2 Å². The van der Waals surface area contributed by atoms with Gasteiger partial charge in [0.25, 0.3) is 0 Å². The highest BCUT2D eigenvalue weighted by Gasteiger charge is 2.33. The molecule has 186 valence electrons. The van der Waals surface area contributed by atoms with Crippen molar-refractivity contribution in [1.29, 1.82) is 0 Å². The minimum Gasteiger partial charge on any atom is -0.469 e. The maximum absolute atomic E-state index is 12.5. The average molecular weight is 495 g/mol. The number of H-pyrrole nitrogens is 1. The molecule has 0 amide bonds. The van der Waals surface area contributed by atoms with Crippen molar-refractivity contribution < 1.29 is 38.1 Å². The van der Waals surface area contributed by atoms with Crippen LogP contribution in [0.25, 0.3) is 11.0 Å². The first-order chi connectivity index (χ1) is 16.3. The van der Waals surface area contributed by atoms with Crippen molar-refractivity contribution in [3.63, 3.8) is 0 Å². The summed E-state index contributed by atoms with van der Waals surface area (Å²) in [5, 5.41) is 0.634. The van der Waals surface area contributed by atoms with Crippen molar-refractivity contribution in [2.75, 3.05) is 34.2 Å². The van der Waals surface area contributed by atoms with Crippen LogP contribution in [0.1, 0.15) is 25.7 Å². The quantitative estimate of drug-likeness (QED) is 0.252. The van der Waals surface area contributed by atoms with E-state index in [0.29, 0.717) is 10.9 Å². The van der Waals surface area contributed by atoms with Gasteiger partial charge in [-0.15, -0.1) is 0 Å². The van der Waals surface area contributed by atoms with Gasteiger partial charge in [-0.25, -0.2) is 4.98 Å². The highest BCUT2D eigenvalue weighted by atomic mass is 32.2. The molecule has 11 heteroatoms. The summed E-state index contributed by atoms with van der Waals surface area (Å²) in [4.78, 5) is 56.6. The standard InChI is InChI=1S/C23H30N2O8S/c1-30-19(26)10-9-14(20(27)31-2)11-15(21(28)32-3)12-16(22(29)33-4)13-34-23-24-17-7-5-6-8-18(17)25-23/h5-8,14-16H,9-13H2,1-4H3,(H,24,25). The number of rotatable bonds is 13. The van der Waals surface area contributed by atoms with Crippen molar-refractivity contribution in [3.05, 3.63) is 24.3 Å². The summed E-state index contributed by atoms with van der Waals surface area (Å²) in [6.07, 6.45) is 0.285. The molecule has 1 aromatic heterocycles. The molecule has 0 aliphatic rings. The topological polar surface area (TPSA) is 134 Å². The van der Waals surface area contributed by atoms with Crippen LogP contribution in [-0.4, -0.2) is 68.0 Å². The fourth-order valence-electron chi connectivity index (χ4n) is 3.61. The summed E-state index contributed by atoms with van der Waals surface area (Å²) >= 11 is 1.33. The van der Waals surface area contributed by atoms with Crippen LogP contribution in [0.3, 0.4) is 0 Å². The van der Waals surface area contributed by atoms with Crippen LogP contribution >= 0.6 is 11.8 Å². The lowest BCUT2D eigenvalue weighted by atomic mass is 9.85. The number of methoxy groups -OCH3 is 4. The molecule has 3 atom stereocenters. The number of carbonyl (C=O) groups excluding carboxylic acids is 4. The summed E-state index contributed by atoms with van der Waals surface area (Å²) in [5.74, 6) is -3.96. The molecule has 0 bridgehead atoms. The zero-order valence-corrected chi connectivity index (χ0v) is 20.5. The van der Waals surface area contributed by atoms with E-state index in [9.17, 15) is 19.2 Å². The Morgan fingerprint density at radius 3 is 2.06 bits per heavy atom. The van der Waals surface area contributed by atoms with Crippen LogP contribution in [0.5, 0.6) is 0 Å². The minimum atomic E-state index is -0.785. The maximum atomic E-state index is 12.5. The summed E-state index contributed by atoms with van der Waals surface area (Å²) in [5.41, 5.74) is 1.68. The number of hydrogen-bond donors (Lipinski definition) is 1. The van der Waals surface area contributed by atoms with E-state index < -0.39 is 41.6 Å². The number of nitrogens with zero attached hydrogens (tertiary/aromatic N) is 1.